The van der Waals surface area contributed by atoms with Gasteiger partial charge >= 0.3 is 0 Å². The molecule has 4 heteroatoms. The zero-order valence-electron chi connectivity index (χ0n) is 9.87. The van der Waals surface area contributed by atoms with Crippen LogP contribution in [-0.4, -0.2) is 11.4 Å². The first-order chi connectivity index (χ1) is 8.01. The predicted octanol–water partition coefficient (Wildman–Crippen LogP) is 2.40. The summed E-state index contributed by atoms with van der Waals surface area (Å²) in [5, 5.41) is 3.65. The molecule has 3 nitrogen and oxygen atoms in total. The molecule has 1 amide bonds. The standard InChI is InChI=1S/C13H17ClN2O/c1-9(10-3-5-11(14)6-4-10)16-12(17)13(15)7-2-8-13/h3-6,9H,2,7-8,15H2,1H3,(H,16,17). The summed E-state index contributed by atoms with van der Waals surface area (Å²) < 4.78 is 0. The van der Waals surface area contributed by atoms with Gasteiger partial charge in [0.05, 0.1) is 11.6 Å². The molecule has 0 aromatic heterocycles. The van der Waals surface area contributed by atoms with Crippen LogP contribution in [0, 0.1) is 0 Å². The van der Waals surface area contributed by atoms with Gasteiger partial charge in [-0.2, -0.15) is 0 Å². The summed E-state index contributed by atoms with van der Waals surface area (Å²) in [5.74, 6) is -0.0498. The van der Waals surface area contributed by atoms with Crippen LogP contribution in [0.25, 0.3) is 0 Å². The van der Waals surface area contributed by atoms with Gasteiger partial charge in [-0.15, -0.1) is 0 Å². The van der Waals surface area contributed by atoms with E-state index in [0.29, 0.717) is 5.02 Å². The average molecular weight is 253 g/mol. The zero-order chi connectivity index (χ0) is 12.5. The molecule has 0 saturated heterocycles. The third kappa shape index (κ3) is 2.61. The molecule has 0 radical (unpaired) electrons. The smallest absolute Gasteiger partial charge is 0.240 e. The first kappa shape index (κ1) is 12.4. The third-order valence-electron chi connectivity index (χ3n) is 3.42. The molecule has 0 heterocycles. The van der Waals surface area contributed by atoms with Crippen molar-refractivity contribution in [1.82, 2.24) is 5.32 Å². The normalized spacial score (nSPS) is 19.2. The van der Waals surface area contributed by atoms with Crippen LogP contribution in [0.4, 0.5) is 0 Å². The summed E-state index contributed by atoms with van der Waals surface area (Å²) in [7, 11) is 0. The molecule has 92 valence electrons. The average Bonchev–Trinajstić information content (AvgIpc) is 2.26. The minimum absolute atomic E-state index is 0.0409. The van der Waals surface area contributed by atoms with Gasteiger partial charge in [-0.1, -0.05) is 23.7 Å². The molecule has 1 aromatic rings. The molecule has 1 unspecified atom stereocenters. The maximum absolute atomic E-state index is 11.9. The number of hydrogen-bond acceptors (Lipinski definition) is 2. The summed E-state index contributed by atoms with van der Waals surface area (Å²) in [5.41, 5.74) is 6.36. The van der Waals surface area contributed by atoms with Gasteiger partial charge < -0.3 is 11.1 Å². The monoisotopic (exact) mass is 252 g/mol. The van der Waals surface area contributed by atoms with Crippen molar-refractivity contribution in [3.8, 4) is 0 Å². The molecular weight excluding hydrogens is 236 g/mol. The van der Waals surface area contributed by atoms with Crippen molar-refractivity contribution in [2.45, 2.75) is 37.8 Å². The Bertz CT molecular complexity index is 412. The highest BCUT2D eigenvalue weighted by Gasteiger charge is 2.40. The number of benzene rings is 1. The van der Waals surface area contributed by atoms with E-state index >= 15 is 0 Å². The molecule has 1 fully saturated rings. The highest BCUT2D eigenvalue weighted by molar-refractivity contribution is 6.30. The lowest BCUT2D eigenvalue weighted by molar-refractivity contribution is -0.129. The summed E-state index contributed by atoms with van der Waals surface area (Å²) in [4.78, 5) is 11.9. The van der Waals surface area contributed by atoms with Crippen LogP contribution in [0.15, 0.2) is 24.3 Å². The predicted molar refractivity (Wildman–Crippen MR) is 68.8 cm³/mol. The maximum Gasteiger partial charge on any atom is 0.240 e. The Kier molecular flexibility index (Phi) is 3.40. The van der Waals surface area contributed by atoms with E-state index in [4.69, 9.17) is 17.3 Å². The van der Waals surface area contributed by atoms with Crippen molar-refractivity contribution in [2.75, 3.05) is 0 Å². The van der Waals surface area contributed by atoms with E-state index in [1.54, 1.807) is 0 Å². The fraction of sp³-hybridized carbons (Fsp3) is 0.462. The van der Waals surface area contributed by atoms with Crippen molar-refractivity contribution in [3.63, 3.8) is 0 Å². The molecule has 3 N–H and O–H groups in total. The molecule has 0 spiro atoms. The van der Waals surface area contributed by atoms with Gasteiger partial charge in [-0.3, -0.25) is 4.79 Å². The largest absolute Gasteiger partial charge is 0.348 e. The highest BCUT2D eigenvalue weighted by atomic mass is 35.5. The van der Waals surface area contributed by atoms with E-state index in [2.05, 4.69) is 5.32 Å². The molecule has 17 heavy (non-hydrogen) atoms. The molecule has 1 aliphatic carbocycles. The van der Waals surface area contributed by atoms with Gasteiger partial charge in [0.1, 0.15) is 0 Å². The lowest BCUT2D eigenvalue weighted by Crippen LogP contribution is -2.58. The number of carbonyl (C=O) groups excluding carboxylic acids is 1. The summed E-state index contributed by atoms with van der Waals surface area (Å²) in [6, 6.07) is 7.43. The quantitative estimate of drug-likeness (QED) is 0.868. The van der Waals surface area contributed by atoms with Crippen molar-refractivity contribution in [1.29, 1.82) is 0 Å². The van der Waals surface area contributed by atoms with E-state index in [1.807, 2.05) is 31.2 Å². The van der Waals surface area contributed by atoms with Crippen molar-refractivity contribution < 1.29 is 4.79 Å². The van der Waals surface area contributed by atoms with Crippen molar-refractivity contribution >= 4 is 17.5 Å². The van der Waals surface area contributed by atoms with Crippen LogP contribution in [0.1, 0.15) is 37.8 Å². The Morgan fingerprint density at radius 3 is 2.47 bits per heavy atom. The molecular formula is C13H17ClN2O. The summed E-state index contributed by atoms with van der Waals surface area (Å²) in [6.07, 6.45) is 2.61. The van der Waals surface area contributed by atoms with E-state index in [1.165, 1.54) is 0 Å². The number of nitrogens with two attached hydrogens (primary N) is 1. The van der Waals surface area contributed by atoms with Gasteiger partial charge in [-0.05, 0) is 43.9 Å². The number of rotatable bonds is 3. The molecule has 0 aliphatic heterocycles. The number of nitrogens with one attached hydrogen (secondary N) is 1. The second-order valence-corrected chi connectivity index (χ2v) is 5.19. The second-order valence-electron chi connectivity index (χ2n) is 4.76. The van der Waals surface area contributed by atoms with Gasteiger partial charge in [0.15, 0.2) is 0 Å². The Hall–Kier alpha value is -1.06. The lowest BCUT2D eigenvalue weighted by atomic mass is 9.77. The fourth-order valence-electron chi connectivity index (χ4n) is 1.96. The van der Waals surface area contributed by atoms with Crippen LogP contribution in [0.2, 0.25) is 5.02 Å². The van der Waals surface area contributed by atoms with E-state index in [-0.39, 0.29) is 11.9 Å². The second kappa shape index (κ2) is 4.67. The molecule has 2 rings (SSSR count). The first-order valence-electron chi connectivity index (χ1n) is 5.86. The van der Waals surface area contributed by atoms with E-state index < -0.39 is 5.54 Å². The van der Waals surface area contributed by atoms with E-state index in [9.17, 15) is 4.79 Å². The minimum atomic E-state index is -0.638. The van der Waals surface area contributed by atoms with Crippen molar-refractivity contribution in [3.05, 3.63) is 34.9 Å². The highest BCUT2D eigenvalue weighted by Crippen LogP contribution is 2.30. The van der Waals surface area contributed by atoms with E-state index in [0.717, 1.165) is 24.8 Å². The Labute approximate surface area is 106 Å². The molecule has 1 saturated carbocycles. The van der Waals surface area contributed by atoms with Gasteiger partial charge in [0.2, 0.25) is 5.91 Å². The van der Waals surface area contributed by atoms with Crippen LogP contribution in [0.3, 0.4) is 0 Å². The minimum Gasteiger partial charge on any atom is -0.348 e. The lowest BCUT2D eigenvalue weighted by Gasteiger charge is -2.37. The maximum atomic E-state index is 11.9. The van der Waals surface area contributed by atoms with Crippen LogP contribution < -0.4 is 11.1 Å². The van der Waals surface area contributed by atoms with Crippen LogP contribution >= 0.6 is 11.6 Å². The Morgan fingerprint density at radius 1 is 1.41 bits per heavy atom. The zero-order valence-corrected chi connectivity index (χ0v) is 10.6. The first-order valence-corrected chi connectivity index (χ1v) is 6.24. The van der Waals surface area contributed by atoms with Crippen LogP contribution in [-0.2, 0) is 4.79 Å². The number of carbonyl (C=O) groups is 1. The van der Waals surface area contributed by atoms with Crippen LogP contribution in [0.5, 0.6) is 0 Å². The SMILES string of the molecule is CC(NC(=O)C1(N)CCC1)c1ccc(Cl)cc1. The summed E-state index contributed by atoms with van der Waals surface area (Å²) >= 11 is 5.82. The van der Waals surface area contributed by atoms with Gasteiger partial charge in [0, 0.05) is 5.02 Å². The molecule has 0 bridgehead atoms. The van der Waals surface area contributed by atoms with Gasteiger partial charge in [0.25, 0.3) is 0 Å². The van der Waals surface area contributed by atoms with Gasteiger partial charge in [-0.25, -0.2) is 0 Å². The molecule has 1 aliphatic rings. The number of amides is 1. The fourth-order valence-corrected chi connectivity index (χ4v) is 2.09. The Balaban J connectivity index is 1.99. The molecule has 1 atom stereocenters. The number of hydrogen-bond donors (Lipinski definition) is 2. The topological polar surface area (TPSA) is 55.1 Å². The summed E-state index contributed by atoms with van der Waals surface area (Å²) in [6.45, 7) is 1.95. The van der Waals surface area contributed by atoms with Crippen molar-refractivity contribution in [2.24, 2.45) is 5.73 Å². The number of halogens is 1. The Morgan fingerprint density at radius 2 is 2.00 bits per heavy atom. The molecule has 1 aromatic carbocycles. The third-order valence-corrected chi connectivity index (χ3v) is 3.67.